The topological polar surface area (TPSA) is 43.3 Å². The van der Waals surface area contributed by atoms with Crippen molar-refractivity contribution in [3.05, 3.63) is 33.7 Å². The van der Waals surface area contributed by atoms with Crippen LogP contribution in [0.4, 0.5) is 0 Å². The number of piperidine rings is 1. The van der Waals surface area contributed by atoms with Gasteiger partial charge in [0.05, 0.1) is 12.2 Å². The molecule has 86 valence electrons. The summed E-state index contributed by atoms with van der Waals surface area (Å²) < 4.78 is 7.62. The molecular weight excluding hydrogens is 204 g/mol. The molecule has 1 N–H and O–H groups in total. The molecule has 4 heteroatoms. The van der Waals surface area contributed by atoms with Gasteiger partial charge in [0.15, 0.2) is 0 Å². The lowest BCUT2D eigenvalue weighted by atomic mass is 9.85. The minimum absolute atomic E-state index is 0.0494. The van der Waals surface area contributed by atoms with Gasteiger partial charge in [-0.25, -0.2) is 0 Å². The second kappa shape index (κ2) is 3.43. The number of hydrogen-bond donors (Lipinski definition) is 1. The summed E-state index contributed by atoms with van der Waals surface area (Å²) in [5.74, 6) is 0. The predicted octanol–water partition coefficient (Wildman–Crippen LogP) is 0.494. The molecule has 1 spiro atoms. The second-order valence-corrected chi connectivity index (χ2v) is 4.69. The Hall–Kier alpha value is -1.13. The molecule has 0 unspecified atom stereocenters. The Bertz CT molecular complexity index is 472. The van der Waals surface area contributed by atoms with Gasteiger partial charge in [0.2, 0.25) is 0 Å². The average Bonchev–Trinajstić information content (AvgIpc) is 2.60. The molecule has 1 aromatic heterocycles. The SMILES string of the molecule is Cn1cc2c(cc1=O)COC21CCNCC1. The number of fused-ring (bicyclic) bond motifs is 2. The molecule has 1 saturated heterocycles. The molecule has 2 aliphatic heterocycles. The Balaban J connectivity index is 2.10. The van der Waals surface area contributed by atoms with Gasteiger partial charge < -0.3 is 14.6 Å². The van der Waals surface area contributed by atoms with Crippen LogP contribution in [0.3, 0.4) is 0 Å². The first-order chi connectivity index (χ1) is 7.71. The van der Waals surface area contributed by atoms with Crippen LogP contribution >= 0.6 is 0 Å². The minimum Gasteiger partial charge on any atom is -0.365 e. The maximum absolute atomic E-state index is 11.5. The van der Waals surface area contributed by atoms with Crippen molar-refractivity contribution in [2.45, 2.75) is 25.0 Å². The van der Waals surface area contributed by atoms with Crippen molar-refractivity contribution >= 4 is 0 Å². The number of rotatable bonds is 0. The number of aryl methyl sites for hydroxylation is 1. The van der Waals surface area contributed by atoms with E-state index in [2.05, 4.69) is 5.32 Å². The largest absolute Gasteiger partial charge is 0.365 e. The van der Waals surface area contributed by atoms with Gasteiger partial charge in [-0.2, -0.15) is 0 Å². The summed E-state index contributed by atoms with van der Waals surface area (Å²) >= 11 is 0. The third-order valence-electron chi connectivity index (χ3n) is 3.72. The molecule has 0 bridgehead atoms. The monoisotopic (exact) mass is 220 g/mol. The zero-order valence-corrected chi connectivity index (χ0v) is 9.45. The summed E-state index contributed by atoms with van der Waals surface area (Å²) in [4.78, 5) is 11.5. The molecule has 0 saturated carbocycles. The van der Waals surface area contributed by atoms with Gasteiger partial charge in [0, 0.05) is 24.9 Å². The lowest BCUT2D eigenvalue weighted by Gasteiger charge is -2.33. The fourth-order valence-corrected chi connectivity index (χ4v) is 2.74. The van der Waals surface area contributed by atoms with Crippen molar-refractivity contribution in [1.29, 1.82) is 0 Å². The van der Waals surface area contributed by atoms with Crippen molar-refractivity contribution in [3.63, 3.8) is 0 Å². The molecule has 2 aliphatic rings. The fraction of sp³-hybridized carbons (Fsp3) is 0.583. The normalized spacial score (nSPS) is 22.3. The fourth-order valence-electron chi connectivity index (χ4n) is 2.74. The molecule has 0 radical (unpaired) electrons. The van der Waals surface area contributed by atoms with Crippen LogP contribution in [0.15, 0.2) is 17.1 Å². The Morgan fingerprint density at radius 3 is 2.94 bits per heavy atom. The van der Waals surface area contributed by atoms with Crippen LogP contribution in [-0.2, 0) is 24.0 Å². The highest BCUT2D eigenvalue weighted by Crippen LogP contribution is 2.41. The van der Waals surface area contributed by atoms with Crippen molar-refractivity contribution < 1.29 is 4.74 Å². The lowest BCUT2D eigenvalue weighted by molar-refractivity contribution is -0.0592. The number of hydrogen-bond acceptors (Lipinski definition) is 3. The molecule has 0 aromatic carbocycles. The van der Waals surface area contributed by atoms with Crippen LogP contribution < -0.4 is 10.9 Å². The van der Waals surface area contributed by atoms with E-state index in [9.17, 15) is 4.79 Å². The van der Waals surface area contributed by atoms with Gasteiger partial charge in [-0.1, -0.05) is 0 Å². The Morgan fingerprint density at radius 1 is 1.44 bits per heavy atom. The van der Waals surface area contributed by atoms with Crippen LogP contribution in [0.25, 0.3) is 0 Å². The summed E-state index contributed by atoms with van der Waals surface area (Å²) in [5.41, 5.74) is 2.21. The van der Waals surface area contributed by atoms with E-state index in [4.69, 9.17) is 4.74 Å². The average molecular weight is 220 g/mol. The molecule has 3 heterocycles. The van der Waals surface area contributed by atoms with Crippen LogP contribution in [0.1, 0.15) is 24.0 Å². The highest BCUT2D eigenvalue weighted by atomic mass is 16.5. The van der Waals surface area contributed by atoms with Crippen LogP contribution in [0.2, 0.25) is 0 Å². The van der Waals surface area contributed by atoms with Crippen LogP contribution in [-0.4, -0.2) is 17.7 Å². The van der Waals surface area contributed by atoms with Crippen LogP contribution in [0.5, 0.6) is 0 Å². The summed E-state index contributed by atoms with van der Waals surface area (Å²) in [6.07, 6.45) is 3.95. The molecule has 1 aromatic rings. The van der Waals surface area contributed by atoms with Crippen LogP contribution in [0, 0.1) is 0 Å². The van der Waals surface area contributed by atoms with E-state index in [-0.39, 0.29) is 11.2 Å². The van der Waals surface area contributed by atoms with E-state index in [1.165, 1.54) is 5.56 Å². The molecule has 1 fully saturated rings. The van der Waals surface area contributed by atoms with E-state index in [1.54, 1.807) is 17.7 Å². The number of ether oxygens (including phenoxy) is 1. The van der Waals surface area contributed by atoms with Gasteiger partial charge in [-0.15, -0.1) is 0 Å². The summed E-state index contributed by atoms with van der Waals surface area (Å²) in [5, 5.41) is 3.34. The Labute approximate surface area is 94.2 Å². The van der Waals surface area contributed by atoms with Crippen molar-refractivity contribution in [2.24, 2.45) is 7.05 Å². The first-order valence-electron chi connectivity index (χ1n) is 5.76. The van der Waals surface area contributed by atoms with Gasteiger partial charge in [0.1, 0.15) is 0 Å². The van der Waals surface area contributed by atoms with E-state index in [0.717, 1.165) is 31.5 Å². The number of aromatic nitrogens is 1. The molecule has 16 heavy (non-hydrogen) atoms. The van der Waals surface area contributed by atoms with Gasteiger partial charge in [-0.3, -0.25) is 4.79 Å². The Morgan fingerprint density at radius 2 is 2.19 bits per heavy atom. The summed E-state index contributed by atoms with van der Waals surface area (Å²) in [7, 11) is 1.80. The van der Waals surface area contributed by atoms with Crippen molar-refractivity contribution in [1.82, 2.24) is 9.88 Å². The molecular formula is C12H16N2O2. The molecule has 0 atom stereocenters. The van der Waals surface area contributed by atoms with E-state index in [0.29, 0.717) is 6.61 Å². The minimum atomic E-state index is -0.133. The van der Waals surface area contributed by atoms with Crippen molar-refractivity contribution in [2.75, 3.05) is 13.1 Å². The second-order valence-electron chi connectivity index (χ2n) is 4.69. The third kappa shape index (κ3) is 1.33. The van der Waals surface area contributed by atoms with E-state index >= 15 is 0 Å². The molecule has 0 amide bonds. The van der Waals surface area contributed by atoms with Crippen molar-refractivity contribution in [3.8, 4) is 0 Å². The highest BCUT2D eigenvalue weighted by molar-refractivity contribution is 5.33. The smallest absolute Gasteiger partial charge is 0.250 e. The van der Waals surface area contributed by atoms with E-state index < -0.39 is 0 Å². The third-order valence-corrected chi connectivity index (χ3v) is 3.72. The summed E-state index contributed by atoms with van der Waals surface area (Å²) in [6, 6.07) is 1.71. The van der Waals surface area contributed by atoms with Gasteiger partial charge >= 0.3 is 0 Å². The molecule has 0 aliphatic carbocycles. The zero-order valence-electron chi connectivity index (χ0n) is 9.45. The lowest BCUT2D eigenvalue weighted by Crippen LogP contribution is -2.40. The molecule has 4 nitrogen and oxygen atoms in total. The molecule has 3 rings (SSSR count). The van der Waals surface area contributed by atoms with E-state index in [1.807, 2.05) is 6.20 Å². The standard InChI is InChI=1S/C12H16N2O2/c1-14-7-10-9(6-11(14)15)8-16-12(10)2-4-13-5-3-12/h6-7,13H,2-5,8H2,1H3. The maximum atomic E-state index is 11.5. The Kier molecular flexibility index (Phi) is 2.16. The quantitative estimate of drug-likeness (QED) is 0.692. The zero-order chi connectivity index (χ0) is 11.2. The summed E-state index contributed by atoms with van der Waals surface area (Å²) in [6.45, 7) is 2.57. The maximum Gasteiger partial charge on any atom is 0.250 e. The number of nitrogens with zero attached hydrogens (tertiary/aromatic N) is 1. The number of nitrogens with one attached hydrogen (secondary N) is 1. The predicted molar refractivity (Wildman–Crippen MR) is 60.3 cm³/mol. The highest BCUT2D eigenvalue weighted by Gasteiger charge is 2.41. The van der Waals surface area contributed by atoms with Gasteiger partial charge in [-0.05, 0) is 31.5 Å². The number of pyridine rings is 1. The first kappa shape index (κ1) is 10.1. The van der Waals surface area contributed by atoms with Gasteiger partial charge in [0.25, 0.3) is 5.56 Å². The first-order valence-corrected chi connectivity index (χ1v) is 5.76.